The van der Waals surface area contributed by atoms with Crippen LogP contribution in [0.4, 0.5) is 0 Å². The molecular formula is C77H122O6. The highest BCUT2D eigenvalue weighted by Crippen LogP contribution is 2.15. The van der Waals surface area contributed by atoms with E-state index >= 15 is 0 Å². The number of hydrogen-bond donors (Lipinski definition) is 0. The number of allylic oxidation sites excluding steroid dienone is 28. The predicted octanol–water partition coefficient (Wildman–Crippen LogP) is 23.4. The molecule has 0 aliphatic rings. The van der Waals surface area contributed by atoms with E-state index < -0.39 is 6.10 Å². The molecule has 0 aromatic heterocycles. The van der Waals surface area contributed by atoms with E-state index in [2.05, 4.69) is 191 Å². The molecule has 0 rings (SSSR count). The molecule has 0 radical (unpaired) electrons. The molecule has 1 unspecified atom stereocenters. The summed E-state index contributed by atoms with van der Waals surface area (Å²) in [5, 5.41) is 0. The van der Waals surface area contributed by atoms with Crippen molar-refractivity contribution in [1.82, 2.24) is 0 Å². The normalized spacial score (nSPS) is 13.2. The highest BCUT2D eigenvalue weighted by Gasteiger charge is 2.19. The van der Waals surface area contributed by atoms with E-state index in [0.29, 0.717) is 19.3 Å². The number of rotatable bonds is 59. The lowest BCUT2D eigenvalue weighted by atomic mass is 10.0. The maximum atomic E-state index is 12.9. The molecule has 0 fully saturated rings. The molecule has 0 bridgehead atoms. The maximum Gasteiger partial charge on any atom is 0.306 e. The molecule has 0 amide bonds. The van der Waals surface area contributed by atoms with E-state index in [4.69, 9.17) is 14.2 Å². The van der Waals surface area contributed by atoms with Gasteiger partial charge in [0.25, 0.3) is 0 Å². The fourth-order valence-corrected chi connectivity index (χ4v) is 8.79. The standard InChI is InChI=1S/C77H122O6/c1-4-7-10-13-16-19-22-25-28-31-32-33-34-35-36-37-38-39-40-41-42-43-44-47-49-52-55-58-61-64-67-70-76(79)82-73-74(83-77(80)71-68-65-62-59-56-53-50-46-30-27-24-21-18-15-12-9-6-3)72-81-75(78)69-66-63-60-57-54-51-48-45-29-26-23-20-17-14-11-8-5-2/h7-12,16-21,25-30,32-33,35-36,38-39,50,53,59,62,74H,4-6,13-15,22-24,31,34,37,40-49,51-52,54-58,60-61,63-73H2,1-3H3/b10-7-,11-8-,12-9-,19-16-,20-17-,21-18-,28-25-,29-26-,30-27-,33-32-,36-35-,39-38-,53-50-,62-59-. The Morgan fingerprint density at radius 1 is 0.241 bits per heavy atom. The van der Waals surface area contributed by atoms with E-state index in [9.17, 15) is 14.4 Å². The van der Waals surface area contributed by atoms with Crippen LogP contribution >= 0.6 is 0 Å². The van der Waals surface area contributed by atoms with Gasteiger partial charge in [-0.15, -0.1) is 0 Å². The summed E-state index contributed by atoms with van der Waals surface area (Å²) in [4.78, 5) is 38.4. The van der Waals surface area contributed by atoms with Gasteiger partial charge in [-0.25, -0.2) is 0 Å². The first-order chi connectivity index (χ1) is 41.0. The van der Waals surface area contributed by atoms with E-state index in [-0.39, 0.29) is 37.5 Å². The molecule has 0 N–H and O–H groups in total. The minimum Gasteiger partial charge on any atom is -0.462 e. The highest BCUT2D eigenvalue weighted by atomic mass is 16.6. The van der Waals surface area contributed by atoms with E-state index in [0.717, 1.165) is 141 Å². The van der Waals surface area contributed by atoms with Crippen LogP contribution in [-0.4, -0.2) is 37.2 Å². The van der Waals surface area contributed by atoms with Crippen LogP contribution in [0, 0.1) is 0 Å². The van der Waals surface area contributed by atoms with Crippen molar-refractivity contribution in [2.75, 3.05) is 13.2 Å². The van der Waals surface area contributed by atoms with Crippen LogP contribution in [0.1, 0.15) is 278 Å². The second-order valence-electron chi connectivity index (χ2n) is 21.6. The summed E-state index contributed by atoms with van der Waals surface area (Å²) in [5.74, 6) is -0.983. The van der Waals surface area contributed by atoms with Gasteiger partial charge in [-0.05, 0) is 141 Å². The Morgan fingerprint density at radius 2 is 0.446 bits per heavy atom. The van der Waals surface area contributed by atoms with E-state index in [1.54, 1.807) is 0 Å². The lowest BCUT2D eigenvalue weighted by Crippen LogP contribution is -2.30. The molecule has 83 heavy (non-hydrogen) atoms. The first kappa shape index (κ1) is 77.8. The zero-order valence-electron chi connectivity index (χ0n) is 53.4. The number of carbonyl (C=O) groups is 3. The summed E-state index contributed by atoms with van der Waals surface area (Å²) in [6, 6.07) is 0. The average Bonchev–Trinajstić information content (AvgIpc) is 3.49. The van der Waals surface area contributed by atoms with Gasteiger partial charge in [-0.2, -0.15) is 0 Å². The molecule has 6 heteroatoms. The van der Waals surface area contributed by atoms with Crippen molar-refractivity contribution in [2.45, 2.75) is 284 Å². The Balaban J connectivity index is 4.38. The molecule has 1 atom stereocenters. The van der Waals surface area contributed by atoms with E-state index in [1.807, 2.05) is 0 Å². The molecule has 466 valence electrons. The SMILES string of the molecule is CC/C=C\C/C=C\C/C=C\C/C=C\C/C=C\C/C=C\CCCCCCCCCCCCCCC(=O)OCC(COC(=O)CCCCCCCCC/C=C\C/C=C\C/C=C\CC)OC(=O)CCC/C=C\C/C=C\C/C=C\C/C=C\C/C=C\CC. The van der Waals surface area contributed by atoms with Crippen LogP contribution in [0.15, 0.2) is 170 Å². The third kappa shape index (κ3) is 67.4. The van der Waals surface area contributed by atoms with Crippen LogP contribution in [-0.2, 0) is 28.6 Å². The van der Waals surface area contributed by atoms with Crippen LogP contribution in [0.25, 0.3) is 0 Å². The Morgan fingerprint density at radius 3 is 0.711 bits per heavy atom. The topological polar surface area (TPSA) is 78.9 Å². The van der Waals surface area contributed by atoms with Crippen molar-refractivity contribution in [3.8, 4) is 0 Å². The third-order valence-electron chi connectivity index (χ3n) is 13.7. The third-order valence-corrected chi connectivity index (χ3v) is 13.7. The lowest BCUT2D eigenvalue weighted by Gasteiger charge is -2.18. The van der Waals surface area contributed by atoms with Crippen LogP contribution in [0.2, 0.25) is 0 Å². The Hall–Kier alpha value is -5.23. The molecule has 0 saturated carbocycles. The zero-order valence-corrected chi connectivity index (χ0v) is 53.4. The molecule has 6 nitrogen and oxygen atoms in total. The Kier molecular flexibility index (Phi) is 64.9. The van der Waals surface area contributed by atoms with E-state index in [1.165, 1.54) is 89.9 Å². The van der Waals surface area contributed by atoms with Crippen molar-refractivity contribution in [1.29, 1.82) is 0 Å². The first-order valence-electron chi connectivity index (χ1n) is 33.6. The second-order valence-corrected chi connectivity index (χ2v) is 21.6. The van der Waals surface area contributed by atoms with Crippen LogP contribution < -0.4 is 0 Å². The van der Waals surface area contributed by atoms with Gasteiger partial charge in [0, 0.05) is 19.3 Å². The second kappa shape index (κ2) is 69.3. The molecular weight excluding hydrogens is 1020 g/mol. The molecule has 0 aliphatic carbocycles. The summed E-state index contributed by atoms with van der Waals surface area (Å²) in [6.07, 6.45) is 102. The molecule has 0 aromatic rings. The smallest absolute Gasteiger partial charge is 0.306 e. The van der Waals surface area contributed by atoms with Crippen molar-refractivity contribution >= 4 is 17.9 Å². The number of ether oxygens (including phenoxy) is 3. The highest BCUT2D eigenvalue weighted by molar-refractivity contribution is 5.71. The quantitative estimate of drug-likeness (QED) is 0.0261. The van der Waals surface area contributed by atoms with Crippen molar-refractivity contribution < 1.29 is 28.6 Å². The van der Waals surface area contributed by atoms with Gasteiger partial charge in [-0.1, -0.05) is 287 Å². The summed E-state index contributed by atoms with van der Waals surface area (Å²) in [5.41, 5.74) is 0. The van der Waals surface area contributed by atoms with Crippen LogP contribution in [0.5, 0.6) is 0 Å². The largest absolute Gasteiger partial charge is 0.462 e. The minimum atomic E-state index is -0.822. The minimum absolute atomic E-state index is 0.111. The summed E-state index contributed by atoms with van der Waals surface area (Å²) in [7, 11) is 0. The summed E-state index contributed by atoms with van der Waals surface area (Å²) >= 11 is 0. The average molecular weight is 1140 g/mol. The molecule has 0 saturated heterocycles. The van der Waals surface area contributed by atoms with Gasteiger partial charge in [-0.3, -0.25) is 14.4 Å². The van der Waals surface area contributed by atoms with Gasteiger partial charge < -0.3 is 14.2 Å². The number of unbranched alkanes of at least 4 members (excludes halogenated alkanes) is 20. The molecule has 0 heterocycles. The predicted molar refractivity (Wildman–Crippen MR) is 361 cm³/mol. The van der Waals surface area contributed by atoms with Gasteiger partial charge in [0.05, 0.1) is 0 Å². The van der Waals surface area contributed by atoms with Crippen molar-refractivity contribution in [3.05, 3.63) is 170 Å². The first-order valence-corrected chi connectivity index (χ1v) is 33.6. The Bertz CT molecular complexity index is 1890. The molecule has 0 aromatic carbocycles. The fourth-order valence-electron chi connectivity index (χ4n) is 8.79. The Labute approximate surface area is 511 Å². The number of esters is 3. The molecule has 0 aliphatic heterocycles. The fraction of sp³-hybridized carbons (Fsp3) is 0.597. The number of carbonyl (C=O) groups excluding carboxylic acids is 3. The lowest BCUT2D eigenvalue weighted by molar-refractivity contribution is -0.167. The molecule has 0 spiro atoms. The number of hydrogen-bond acceptors (Lipinski definition) is 6. The zero-order chi connectivity index (χ0) is 59.9. The van der Waals surface area contributed by atoms with Crippen LogP contribution in [0.3, 0.4) is 0 Å². The van der Waals surface area contributed by atoms with Gasteiger partial charge >= 0.3 is 17.9 Å². The van der Waals surface area contributed by atoms with Gasteiger partial charge in [0.15, 0.2) is 6.10 Å². The maximum absolute atomic E-state index is 12.9. The van der Waals surface area contributed by atoms with Crippen molar-refractivity contribution in [2.24, 2.45) is 0 Å². The van der Waals surface area contributed by atoms with Crippen molar-refractivity contribution in [3.63, 3.8) is 0 Å². The van der Waals surface area contributed by atoms with Gasteiger partial charge in [0.1, 0.15) is 13.2 Å². The summed E-state index contributed by atoms with van der Waals surface area (Å²) in [6.45, 7) is 6.25. The summed E-state index contributed by atoms with van der Waals surface area (Å²) < 4.78 is 16.9. The van der Waals surface area contributed by atoms with Gasteiger partial charge in [0.2, 0.25) is 0 Å². The monoisotopic (exact) mass is 1140 g/mol.